The fourth-order valence-electron chi connectivity index (χ4n) is 2.77. The molecule has 0 amide bonds. The fourth-order valence-corrected chi connectivity index (χ4v) is 4.13. The van der Waals surface area contributed by atoms with Crippen molar-refractivity contribution in [3.8, 4) is 0 Å². The Balaban J connectivity index is 1.82. The lowest BCUT2D eigenvalue weighted by molar-refractivity contribution is -0.383. The summed E-state index contributed by atoms with van der Waals surface area (Å²) in [5.74, 6) is -0.455. The van der Waals surface area contributed by atoms with Gasteiger partial charge in [0.25, 0.3) is 5.69 Å². The molecule has 30 heavy (non-hydrogen) atoms. The highest BCUT2D eigenvalue weighted by Crippen LogP contribution is 2.31. The summed E-state index contributed by atoms with van der Waals surface area (Å²) in [4.78, 5) is 24.1. The number of hydrogen-bond acceptors (Lipinski definition) is 6. The number of thiophene rings is 1. The molecule has 0 aliphatic rings. The molecule has 1 heterocycles. The number of carbonyl (C=O) groups excluding carboxylic acids is 1. The molecule has 3 aromatic rings. The lowest BCUT2D eigenvalue weighted by atomic mass is 10.1. The van der Waals surface area contributed by atoms with Gasteiger partial charge in [-0.2, -0.15) is 0 Å². The second kappa shape index (κ2) is 9.95. The minimum Gasteiger partial charge on any atom is -0.462 e. The van der Waals surface area contributed by atoms with Crippen LogP contribution in [0.25, 0.3) is 0 Å². The number of para-hydroxylation sites is 2. The molecule has 0 spiro atoms. The summed E-state index contributed by atoms with van der Waals surface area (Å²) in [5, 5.41) is 17.7. The van der Waals surface area contributed by atoms with E-state index in [1.54, 1.807) is 31.2 Å². The Bertz CT molecular complexity index is 1070. The smallest absolute Gasteiger partial charge is 0.341 e. The van der Waals surface area contributed by atoms with Crippen LogP contribution in [0.5, 0.6) is 0 Å². The van der Waals surface area contributed by atoms with E-state index in [9.17, 15) is 14.9 Å². The number of benzene rings is 2. The van der Waals surface area contributed by atoms with E-state index in [0.29, 0.717) is 17.0 Å². The van der Waals surface area contributed by atoms with Gasteiger partial charge in [0, 0.05) is 17.4 Å². The summed E-state index contributed by atoms with van der Waals surface area (Å²) < 4.78 is 5.16. The molecule has 0 aliphatic heterocycles. The molecule has 0 saturated carbocycles. The number of nitrogens with one attached hydrogen (secondary N) is 2. The zero-order valence-corrected chi connectivity index (χ0v) is 17.7. The number of rotatable bonds is 7. The van der Waals surface area contributed by atoms with E-state index in [1.807, 2.05) is 30.3 Å². The maximum Gasteiger partial charge on any atom is 0.341 e. The Morgan fingerprint density at radius 1 is 1.13 bits per heavy atom. The largest absolute Gasteiger partial charge is 0.462 e. The molecule has 9 heteroatoms. The van der Waals surface area contributed by atoms with Crippen LogP contribution in [-0.4, -0.2) is 22.6 Å². The first-order chi connectivity index (χ1) is 14.5. The van der Waals surface area contributed by atoms with Crippen LogP contribution in [0, 0.1) is 10.1 Å². The number of esters is 1. The molecule has 0 atom stereocenters. The zero-order valence-electron chi connectivity index (χ0n) is 16.1. The van der Waals surface area contributed by atoms with E-state index in [0.717, 1.165) is 10.4 Å². The van der Waals surface area contributed by atoms with Crippen LogP contribution < -0.4 is 10.6 Å². The SMILES string of the molecule is CCOC(=O)c1cc(Cc2ccccc2)sc1NC(=S)Nc1ccccc1[N+](=O)[O-]. The molecule has 0 unspecified atom stereocenters. The number of ether oxygens (including phenoxy) is 1. The Morgan fingerprint density at radius 2 is 1.83 bits per heavy atom. The average Bonchev–Trinajstić information content (AvgIpc) is 3.11. The molecular formula is C21H19N3O4S2. The summed E-state index contributed by atoms with van der Waals surface area (Å²) in [5.41, 5.74) is 1.66. The normalized spacial score (nSPS) is 10.3. The summed E-state index contributed by atoms with van der Waals surface area (Å²) in [7, 11) is 0. The lowest BCUT2D eigenvalue weighted by Gasteiger charge is -2.10. The molecule has 154 valence electrons. The van der Waals surface area contributed by atoms with Gasteiger partial charge < -0.3 is 15.4 Å². The summed E-state index contributed by atoms with van der Waals surface area (Å²) in [6, 6.07) is 17.9. The third-order valence-corrected chi connectivity index (χ3v) is 5.33. The van der Waals surface area contributed by atoms with Crippen molar-refractivity contribution in [2.45, 2.75) is 13.3 Å². The van der Waals surface area contributed by atoms with Gasteiger partial charge in [0.05, 0.1) is 17.1 Å². The van der Waals surface area contributed by atoms with Crippen LogP contribution >= 0.6 is 23.6 Å². The maximum atomic E-state index is 12.4. The topological polar surface area (TPSA) is 93.5 Å². The standard InChI is InChI=1S/C21H19N3O4S2/c1-2-28-20(25)16-13-15(12-14-8-4-3-5-9-14)30-19(16)23-21(29)22-17-10-6-7-11-18(17)24(26)27/h3-11,13H,2,12H2,1H3,(H2,22,23,29). The van der Waals surface area contributed by atoms with E-state index in [4.69, 9.17) is 17.0 Å². The van der Waals surface area contributed by atoms with Crippen molar-refractivity contribution in [1.82, 2.24) is 0 Å². The highest BCUT2D eigenvalue weighted by molar-refractivity contribution is 7.80. The number of thiocarbonyl (C=S) groups is 1. The van der Waals surface area contributed by atoms with Gasteiger partial charge in [-0.3, -0.25) is 10.1 Å². The number of anilines is 2. The van der Waals surface area contributed by atoms with Crippen LogP contribution in [-0.2, 0) is 11.2 Å². The van der Waals surface area contributed by atoms with Gasteiger partial charge in [-0.1, -0.05) is 42.5 Å². The third-order valence-electron chi connectivity index (χ3n) is 4.08. The lowest BCUT2D eigenvalue weighted by Crippen LogP contribution is -2.20. The van der Waals surface area contributed by atoms with Crippen molar-refractivity contribution < 1.29 is 14.5 Å². The number of nitro benzene ring substituents is 1. The highest BCUT2D eigenvalue weighted by atomic mass is 32.1. The Morgan fingerprint density at radius 3 is 2.53 bits per heavy atom. The number of carbonyl (C=O) groups is 1. The van der Waals surface area contributed by atoms with Gasteiger partial charge in [0.1, 0.15) is 10.7 Å². The monoisotopic (exact) mass is 441 g/mol. The van der Waals surface area contributed by atoms with E-state index in [2.05, 4.69) is 10.6 Å². The highest BCUT2D eigenvalue weighted by Gasteiger charge is 2.19. The van der Waals surface area contributed by atoms with Gasteiger partial charge in [-0.25, -0.2) is 4.79 Å². The molecule has 0 bridgehead atoms. The molecule has 2 aromatic carbocycles. The first-order valence-corrected chi connectivity index (χ1v) is 10.4. The van der Waals surface area contributed by atoms with Gasteiger partial charge in [-0.05, 0) is 36.8 Å². The average molecular weight is 442 g/mol. The van der Waals surface area contributed by atoms with Crippen molar-refractivity contribution >= 4 is 51.0 Å². The van der Waals surface area contributed by atoms with Crippen LogP contribution in [0.4, 0.5) is 16.4 Å². The van der Waals surface area contributed by atoms with Crippen molar-refractivity contribution in [3.05, 3.63) is 86.8 Å². The molecule has 0 fully saturated rings. The second-order valence-corrected chi connectivity index (χ2v) is 7.74. The van der Waals surface area contributed by atoms with Gasteiger partial charge >= 0.3 is 5.97 Å². The number of hydrogen-bond donors (Lipinski definition) is 2. The molecular weight excluding hydrogens is 422 g/mol. The first kappa shape index (κ1) is 21.4. The third kappa shape index (κ3) is 5.40. The van der Waals surface area contributed by atoms with Gasteiger partial charge in [0.15, 0.2) is 5.11 Å². The van der Waals surface area contributed by atoms with Crippen molar-refractivity contribution in [3.63, 3.8) is 0 Å². The van der Waals surface area contributed by atoms with Crippen molar-refractivity contribution in [1.29, 1.82) is 0 Å². The molecule has 0 radical (unpaired) electrons. The molecule has 3 rings (SSSR count). The minimum absolute atomic E-state index is 0.0942. The maximum absolute atomic E-state index is 12.4. The molecule has 0 saturated heterocycles. The van der Waals surface area contributed by atoms with E-state index in [1.165, 1.54) is 17.4 Å². The summed E-state index contributed by atoms with van der Waals surface area (Å²) in [6.45, 7) is 1.99. The van der Waals surface area contributed by atoms with Crippen LogP contribution in [0.3, 0.4) is 0 Å². The first-order valence-electron chi connectivity index (χ1n) is 9.13. The Hall–Kier alpha value is -3.30. The number of nitro groups is 1. The Kier molecular flexibility index (Phi) is 7.10. The van der Waals surface area contributed by atoms with E-state index in [-0.39, 0.29) is 23.1 Å². The summed E-state index contributed by atoms with van der Waals surface area (Å²) in [6.07, 6.45) is 0.657. The van der Waals surface area contributed by atoms with Crippen LogP contribution in [0.15, 0.2) is 60.7 Å². The van der Waals surface area contributed by atoms with Gasteiger partial charge in [0.2, 0.25) is 0 Å². The van der Waals surface area contributed by atoms with E-state index >= 15 is 0 Å². The molecule has 2 N–H and O–H groups in total. The molecule has 0 aliphatic carbocycles. The minimum atomic E-state index is -0.488. The predicted molar refractivity (Wildman–Crippen MR) is 122 cm³/mol. The molecule has 1 aromatic heterocycles. The zero-order chi connectivity index (χ0) is 21.5. The van der Waals surface area contributed by atoms with Crippen LogP contribution in [0.2, 0.25) is 0 Å². The van der Waals surface area contributed by atoms with E-state index < -0.39 is 10.9 Å². The second-order valence-electron chi connectivity index (χ2n) is 6.19. The number of nitrogens with zero attached hydrogens (tertiary/aromatic N) is 1. The van der Waals surface area contributed by atoms with Gasteiger partial charge in [-0.15, -0.1) is 11.3 Å². The predicted octanol–water partition coefficient (Wildman–Crippen LogP) is 5.23. The molecule has 7 nitrogen and oxygen atoms in total. The van der Waals surface area contributed by atoms with Crippen molar-refractivity contribution in [2.24, 2.45) is 0 Å². The Labute approximate surface area is 182 Å². The quantitative estimate of drug-likeness (QED) is 0.224. The summed E-state index contributed by atoms with van der Waals surface area (Å²) >= 11 is 6.71. The van der Waals surface area contributed by atoms with Crippen molar-refractivity contribution in [2.75, 3.05) is 17.2 Å². The fraction of sp³-hybridized carbons (Fsp3) is 0.143. The van der Waals surface area contributed by atoms with Crippen LogP contribution in [0.1, 0.15) is 27.7 Å².